The third-order valence-corrected chi connectivity index (χ3v) is 5.90. The van der Waals surface area contributed by atoms with Gasteiger partial charge >= 0.3 is 6.18 Å². The minimum absolute atomic E-state index is 0.0238. The number of alkyl halides is 3. The van der Waals surface area contributed by atoms with Gasteiger partial charge in [-0.2, -0.15) is 13.2 Å². The third-order valence-electron chi connectivity index (χ3n) is 3.44. The summed E-state index contributed by atoms with van der Waals surface area (Å²) in [5.41, 5.74) is -0.00301. The molecular formula is C14H16F3N3O2S. The van der Waals surface area contributed by atoms with Gasteiger partial charge < -0.3 is 4.42 Å². The first-order chi connectivity index (χ1) is 10.7. The first-order valence-electron chi connectivity index (χ1n) is 6.84. The van der Waals surface area contributed by atoms with Crippen LogP contribution in [0.2, 0.25) is 0 Å². The van der Waals surface area contributed by atoms with E-state index in [4.69, 9.17) is 4.42 Å². The van der Waals surface area contributed by atoms with E-state index in [2.05, 4.69) is 14.3 Å². The van der Waals surface area contributed by atoms with E-state index >= 15 is 0 Å². The lowest BCUT2D eigenvalue weighted by molar-refractivity contribution is -0.141. The summed E-state index contributed by atoms with van der Waals surface area (Å²) in [4.78, 5) is 7.53. The van der Waals surface area contributed by atoms with Crippen molar-refractivity contribution < 1.29 is 21.8 Å². The lowest BCUT2D eigenvalue weighted by Crippen LogP contribution is -2.13. The van der Waals surface area contributed by atoms with Crippen molar-refractivity contribution in [2.24, 2.45) is 4.36 Å². The molecule has 5 nitrogen and oxygen atoms in total. The van der Waals surface area contributed by atoms with Crippen LogP contribution < -0.4 is 0 Å². The Morgan fingerprint density at radius 3 is 2.52 bits per heavy atom. The van der Waals surface area contributed by atoms with E-state index in [1.807, 2.05) is 6.92 Å². The molecule has 2 atom stereocenters. The van der Waals surface area contributed by atoms with Gasteiger partial charge in [-0.05, 0) is 25.0 Å². The molecule has 0 aromatic carbocycles. The Bertz CT molecular complexity index is 790. The Labute approximate surface area is 132 Å². The van der Waals surface area contributed by atoms with Crippen molar-refractivity contribution in [3.05, 3.63) is 41.5 Å². The van der Waals surface area contributed by atoms with E-state index in [1.54, 1.807) is 6.92 Å². The van der Waals surface area contributed by atoms with Crippen LogP contribution in [-0.2, 0) is 22.3 Å². The maximum absolute atomic E-state index is 13.1. The molecule has 126 valence electrons. The predicted molar refractivity (Wildman–Crippen MR) is 78.3 cm³/mol. The fraction of sp³-hybridized carbons (Fsp3) is 0.429. The van der Waals surface area contributed by atoms with Gasteiger partial charge in [0, 0.05) is 13.2 Å². The fourth-order valence-corrected chi connectivity index (χ4v) is 3.69. The normalized spacial score (nSPS) is 15.9. The molecule has 9 heteroatoms. The number of rotatable bonds is 4. The summed E-state index contributed by atoms with van der Waals surface area (Å²) >= 11 is 0. The molecule has 0 aliphatic heterocycles. The van der Waals surface area contributed by atoms with Gasteiger partial charge in [-0.3, -0.25) is 4.98 Å². The number of aromatic nitrogens is 2. The molecule has 2 rings (SSSR count). The highest BCUT2D eigenvalue weighted by Crippen LogP contribution is 2.32. The summed E-state index contributed by atoms with van der Waals surface area (Å²) < 4.78 is 59.9. The number of halogens is 3. The standard InChI is InChI=1S/C14H16F3N3O2S/c1-4-11-8-22-13(20-11)23(21,18-3)9(2)10-5-6-12(19-7-10)14(15,16)17/h5-9H,4H2,1-3H3. The van der Waals surface area contributed by atoms with Gasteiger partial charge in [0.05, 0.1) is 10.9 Å². The molecule has 0 saturated carbocycles. The Morgan fingerprint density at radius 2 is 2.09 bits per heavy atom. The molecule has 2 unspecified atom stereocenters. The number of hydrogen-bond donors (Lipinski definition) is 0. The van der Waals surface area contributed by atoms with Crippen LogP contribution >= 0.6 is 0 Å². The third kappa shape index (κ3) is 3.39. The molecule has 0 aliphatic rings. The number of hydrogen-bond acceptors (Lipinski definition) is 5. The summed E-state index contributed by atoms with van der Waals surface area (Å²) in [7, 11) is -1.68. The van der Waals surface area contributed by atoms with Gasteiger partial charge in [-0.1, -0.05) is 13.0 Å². The number of nitrogens with zero attached hydrogens (tertiary/aromatic N) is 3. The van der Waals surface area contributed by atoms with Crippen LogP contribution in [0.1, 0.15) is 36.0 Å². The van der Waals surface area contributed by atoms with Crippen molar-refractivity contribution in [2.75, 3.05) is 7.05 Å². The minimum Gasteiger partial charge on any atom is -0.437 e. The summed E-state index contributed by atoms with van der Waals surface area (Å²) in [6, 6.07) is 2.10. The van der Waals surface area contributed by atoms with E-state index in [9.17, 15) is 17.4 Å². The van der Waals surface area contributed by atoms with E-state index in [0.717, 1.165) is 12.3 Å². The maximum atomic E-state index is 13.1. The van der Waals surface area contributed by atoms with Gasteiger partial charge in [-0.15, -0.1) is 0 Å². The topological polar surface area (TPSA) is 68.3 Å². The molecule has 0 radical (unpaired) electrons. The maximum Gasteiger partial charge on any atom is 0.433 e. The van der Waals surface area contributed by atoms with Crippen LogP contribution in [0.4, 0.5) is 13.2 Å². The quantitative estimate of drug-likeness (QED) is 0.842. The molecule has 0 saturated heterocycles. The van der Waals surface area contributed by atoms with Gasteiger partial charge in [0.25, 0.3) is 5.22 Å². The van der Waals surface area contributed by atoms with Crippen molar-refractivity contribution in [1.29, 1.82) is 0 Å². The van der Waals surface area contributed by atoms with Crippen LogP contribution in [-0.4, -0.2) is 21.2 Å². The van der Waals surface area contributed by atoms with Crippen molar-refractivity contribution in [2.45, 2.75) is 36.9 Å². The summed E-state index contributed by atoms with van der Waals surface area (Å²) in [6.45, 7) is 3.46. The van der Waals surface area contributed by atoms with Gasteiger partial charge in [0.2, 0.25) is 0 Å². The Balaban J connectivity index is 2.40. The van der Waals surface area contributed by atoms with Gasteiger partial charge in [0.1, 0.15) is 21.7 Å². The molecule has 0 bridgehead atoms. The van der Waals surface area contributed by atoms with Gasteiger partial charge in [0.15, 0.2) is 0 Å². The average Bonchev–Trinajstić information content (AvgIpc) is 3.02. The Kier molecular flexibility index (Phi) is 4.79. The van der Waals surface area contributed by atoms with Crippen LogP contribution in [0, 0.1) is 0 Å². The molecule has 2 aromatic heterocycles. The second-order valence-electron chi connectivity index (χ2n) is 4.83. The minimum atomic E-state index is -4.52. The highest BCUT2D eigenvalue weighted by molar-refractivity contribution is 7.93. The lowest BCUT2D eigenvalue weighted by atomic mass is 10.2. The van der Waals surface area contributed by atoms with Crippen LogP contribution in [0.15, 0.2) is 38.6 Å². The first-order valence-corrected chi connectivity index (χ1v) is 8.41. The van der Waals surface area contributed by atoms with Crippen molar-refractivity contribution in [1.82, 2.24) is 9.97 Å². The Morgan fingerprint density at radius 1 is 1.39 bits per heavy atom. The van der Waals surface area contributed by atoms with Crippen molar-refractivity contribution >= 4 is 9.73 Å². The highest BCUT2D eigenvalue weighted by atomic mass is 32.2. The summed E-state index contributed by atoms with van der Waals surface area (Å²) in [6.07, 6.45) is -1.45. The van der Waals surface area contributed by atoms with E-state index in [0.29, 0.717) is 17.7 Å². The molecule has 2 aromatic rings. The smallest absolute Gasteiger partial charge is 0.433 e. The molecule has 2 heterocycles. The van der Waals surface area contributed by atoms with E-state index in [-0.39, 0.29) is 5.22 Å². The second-order valence-corrected chi connectivity index (χ2v) is 7.39. The van der Waals surface area contributed by atoms with Crippen LogP contribution in [0.5, 0.6) is 0 Å². The molecule has 0 amide bonds. The Hall–Kier alpha value is -1.90. The monoisotopic (exact) mass is 347 g/mol. The molecule has 0 fully saturated rings. The summed E-state index contributed by atoms with van der Waals surface area (Å²) in [5.74, 6) is 0. The number of oxazole rings is 1. The first kappa shape index (κ1) is 17.5. The number of aryl methyl sites for hydroxylation is 1. The van der Waals surface area contributed by atoms with Crippen molar-refractivity contribution in [3.8, 4) is 0 Å². The summed E-state index contributed by atoms with van der Waals surface area (Å²) in [5, 5.41) is -0.741. The average molecular weight is 347 g/mol. The zero-order valence-corrected chi connectivity index (χ0v) is 13.6. The van der Waals surface area contributed by atoms with Crippen LogP contribution in [0.3, 0.4) is 0 Å². The van der Waals surface area contributed by atoms with Crippen molar-refractivity contribution in [3.63, 3.8) is 0 Å². The zero-order chi connectivity index (χ0) is 17.3. The molecule has 0 N–H and O–H groups in total. The second kappa shape index (κ2) is 6.31. The van der Waals surface area contributed by atoms with Gasteiger partial charge in [-0.25, -0.2) is 13.6 Å². The predicted octanol–water partition coefficient (Wildman–Crippen LogP) is 3.87. The van der Waals surface area contributed by atoms with E-state index in [1.165, 1.54) is 19.4 Å². The van der Waals surface area contributed by atoms with E-state index < -0.39 is 26.8 Å². The molecular weight excluding hydrogens is 331 g/mol. The molecule has 0 spiro atoms. The fourth-order valence-electron chi connectivity index (χ4n) is 1.97. The largest absolute Gasteiger partial charge is 0.437 e. The molecule has 23 heavy (non-hydrogen) atoms. The highest BCUT2D eigenvalue weighted by Gasteiger charge is 2.33. The SMILES string of the molecule is CCc1coc(S(=O)(=NC)C(C)c2ccc(C(F)(F)F)nc2)n1. The lowest BCUT2D eigenvalue weighted by Gasteiger charge is -2.15. The number of pyridine rings is 1. The molecule has 0 aliphatic carbocycles. The zero-order valence-electron chi connectivity index (χ0n) is 12.8. The van der Waals surface area contributed by atoms with Crippen LogP contribution in [0.25, 0.3) is 0 Å².